The smallest absolute Gasteiger partial charge is 0.322 e. The number of carboxylic acids is 1. The van der Waals surface area contributed by atoms with Gasteiger partial charge in [-0.2, -0.15) is 4.72 Å². The molecule has 3 aromatic carbocycles. The first-order chi connectivity index (χ1) is 19.9. The molecule has 0 aliphatic carbocycles. The van der Waals surface area contributed by atoms with Crippen molar-refractivity contribution in [2.24, 2.45) is 0 Å². The number of carboxylic acid groups (broad SMARTS) is 1. The van der Waals surface area contributed by atoms with Crippen molar-refractivity contribution in [3.05, 3.63) is 113 Å². The van der Waals surface area contributed by atoms with E-state index in [9.17, 15) is 23.1 Å². The molecule has 3 N–H and O–H groups in total. The Kier molecular flexibility index (Phi) is 11.1. The number of rotatable bonds is 9. The van der Waals surface area contributed by atoms with Crippen LogP contribution in [-0.2, 0) is 26.0 Å². The zero-order chi connectivity index (χ0) is 30.9. The Bertz CT molecular complexity index is 1610. The molecule has 9 heteroatoms. The van der Waals surface area contributed by atoms with Gasteiger partial charge in [0.15, 0.2) is 0 Å². The third-order valence-electron chi connectivity index (χ3n) is 6.47. The molecule has 0 saturated carbocycles. The summed E-state index contributed by atoms with van der Waals surface area (Å²) in [5, 5.41) is 12.5. The largest absolute Gasteiger partial charge is 0.480 e. The maximum absolute atomic E-state index is 13.1. The maximum Gasteiger partial charge on any atom is 0.322 e. The summed E-state index contributed by atoms with van der Waals surface area (Å²) in [5.74, 6) is -1.32. The molecule has 1 heterocycles. The summed E-state index contributed by atoms with van der Waals surface area (Å²) in [6.45, 7) is 9.08. The van der Waals surface area contributed by atoms with Gasteiger partial charge in [0.25, 0.3) is 0 Å². The van der Waals surface area contributed by atoms with E-state index in [1.54, 1.807) is 51.2 Å². The Morgan fingerprint density at radius 2 is 1.52 bits per heavy atom. The second-order valence-corrected chi connectivity index (χ2v) is 11.8. The van der Waals surface area contributed by atoms with Gasteiger partial charge in [0.05, 0.1) is 4.90 Å². The molecule has 0 saturated heterocycles. The van der Waals surface area contributed by atoms with Crippen LogP contribution in [-0.4, -0.2) is 36.4 Å². The third kappa shape index (κ3) is 9.09. The number of aryl methyl sites for hydroxylation is 4. The van der Waals surface area contributed by atoms with Gasteiger partial charge in [-0.15, -0.1) is 0 Å². The van der Waals surface area contributed by atoms with Crippen LogP contribution >= 0.6 is 0 Å². The van der Waals surface area contributed by atoms with Crippen molar-refractivity contribution in [2.75, 3.05) is 5.32 Å². The van der Waals surface area contributed by atoms with Crippen molar-refractivity contribution in [1.29, 1.82) is 0 Å². The van der Waals surface area contributed by atoms with Gasteiger partial charge in [-0.05, 0) is 85.7 Å². The highest BCUT2D eigenvalue weighted by atomic mass is 32.2. The molecule has 42 heavy (non-hydrogen) atoms. The monoisotopic (exact) mass is 587 g/mol. The van der Waals surface area contributed by atoms with E-state index in [4.69, 9.17) is 0 Å². The van der Waals surface area contributed by atoms with E-state index in [0.29, 0.717) is 28.8 Å². The average Bonchev–Trinajstić information content (AvgIpc) is 2.93. The lowest BCUT2D eigenvalue weighted by Crippen LogP contribution is -2.42. The number of amides is 1. The predicted octanol–water partition coefficient (Wildman–Crippen LogP) is 5.99. The number of nitrogens with one attached hydrogen (secondary N) is 2. The average molecular weight is 588 g/mol. The minimum Gasteiger partial charge on any atom is -0.480 e. The summed E-state index contributed by atoms with van der Waals surface area (Å²) in [6.07, 6.45) is 3.98. The van der Waals surface area contributed by atoms with Crippen molar-refractivity contribution < 1.29 is 23.1 Å². The molecule has 0 spiro atoms. The fraction of sp³-hybridized carbons (Fsp3) is 0.242. The van der Waals surface area contributed by atoms with Gasteiger partial charge in [-0.25, -0.2) is 8.42 Å². The molecule has 0 aliphatic heterocycles. The Hall–Kier alpha value is -4.34. The van der Waals surface area contributed by atoms with E-state index < -0.39 is 22.0 Å². The molecule has 0 aliphatic rings. The van der Waals surface area contributed by atoms with E-state index in [-0.39, 0.29) is 17.2 Å². The molecular formula is C33H37N3O5S. The standard InChI is InChI=1S/C27H30N2O5S.C6H7N/c1-5-25(30)28-23-8-6-7-22(16-23)21-11-9-20(10-12-21)15-24(27(31)32)29-35(33,34)26-18(3)13-17(2)14-19(26)4;1-6-3-2-4-7-5-6/h6-14,16,24,29H,5,15H2,1-4H3,(H,28,30)(H,31,32);2-5H,1H3. The molecule has 8 nitrogen and oxygen atoms in total. The highest BCUT2D eigenvalue weighted by Crippen LogP contribution is 2.25. The second kappa shape index (κ2) is 14.5. The first-order valence-electron chi connectivity index (χ1n) is 13.6. The lowest BCUT2D eigenvalue weighted by Gasteiger charge is -2.18. The van der Waals surface area contributed by atoms with E-state index in [1.807, 2.05) is 68.6 Å². The highest BCUT2D eigenvalue weighted by Gasteiger charge is 2.28. The van der Waals surface area contributed by atoms with Crippen LogP contribution in [0.2, 0.25) is 0 Å². The number of carbonyl (C=O) groups is 2. The molecule has 4 rings (SSSR count). The van der Waals surface area contributed by atoms with Crippen LogP contribution in [0.15, 0.2) is 90.1 Å². The maximum atomic E-state index is 13.1. The Morgan fingerprint density at radius 1 is 0.857 bits per heavy atom. The third-order valence-corrected chi connectivity index (χ3v) is 8.25. The number of nitrogens with zero attached hydrogens (tertiary/aromatic N) is 1. The van der Waals surface area contributed by atoms with Gasteiger partial charge >= 0.3 is 5.97 Å². The fourth-order valence-electron chi connectivity index (χ4n) is 4.56. The Balaban J connectivity index is 0.000000603. The van der Waals surface area contributed by atoms with Crippen LogP contribution in [0.5, 0.6) is 0 Å². The summed E-state index contributed by atoms with van der Waals surface area (Å²) in [4.78, 5) is 27.6. The number of aliphatic carboxylic acids is 1. The van der Waals surface area contributed by atoms with E-state index >= 15 is 0 Å². The van der Waals surface area contributed by atoms with Crippen LogP contribution in [0.25, 0.3) is 11.1 Å². The topological polar surface area (TPSA) is 125 Å². The molecule has 0 bridgehead atoms. The normalized spacial score (nSPS) is 11.6. The second-order valence-electron chi connectivity index (χ2n) is 10.2. The van der Waals surface area contributed by atoms with Gasteiger partial charge in [-0.1, -0.05) is 67.1 Å². The van der Waals surface area contributed by atoms with Crippen molar-refractivity contribution in [2.45, 2.75) is 58.4 Å². The Labute approximate surface area is 247 Å². The van der Waals surface area contributed by atoms with Crippen LogP contribution in [0, 0.1) is 27.7 Å². The zero-order valence-corrected chi connectivity index (χ0v) is 25.3. The highest BCUT2D eigenvalue weighted by molar-refractivity contribution is 7.89. The van der Waals surface area contributed by atoms with Crippen molar-refractivity contribution in [3.8, 4) is 11.1 Å². The molecule has 1 amide bonds. The summed E-state index contributed by atoms with van der Waals surface area (Å²) in [5.41, 5.74) is 6.44. The predicted molar refractivity (Wildman–Crippen MR) is 166 cm³/mol. The van der Waals surface area contributed by atoms with Crippen molar-refractivity contribution >= 4 is 27.6 Å². The fourth-order valence-corrected chi connectivity index (χ4v) is 6.20. The van der Waals surface area contributed by atoms with Crippen LogP contribution < -0.4 is 10.0 Å². The summed E-state index contributed by atoms with van der Waals surface area (Å²) >= 11 is 0. The molecule has 1 unspecified atom stereocenters. The molecular weight excluding hydrogens is 550 g/mol. The quantitative estimate of drug-likeness (QED) is 0.221. The number of pyridine rings is 1. The van der Waals surface area contributed by atoms with Gasteiger partial charge in [-0.3, -0.25) is 14.6 Å². The number of hydrogen-bond donors (Lipinski definition) is 3. The Morgan fingerprint density at radius 3 is 2.05 bits per heavy atom. The summed E-state index contributed by atoms with van der Waals surface area (Å²) in [7, 11) is -4.04. The molecule has 0 radical (unpaired) electrons. The van der Waals surface area contributed by atoms with Crippen LogP contribution in [0.4, 0.5) is 5.69 Å². The summed E-state index contributed by atoms with van der Waals surface area (Å²) in [6, 6.07) is 20.8. The van der Waals surface area contributed by atoms with Gasteiger partial charge < -0.3 is 10.4 Å². The zero-order valence-electron chi connectivity index (χ0n) is 24.5. The van der Waals surface area contributed by atoms with Crippen molar-refractivity contribution in [1.82, 2.24) is 9.71 Å². The number of sulfonamides is 1. The molecule has 0 fully saturated rings. The minimum absolute atomic E-state index is 0.00853. The minimum atomic E-state index is -4.04. The SMILES string of the molecule is CCC(=O)Nc1cccc(-c2ccc(CC(NS(=O)(=O)c3c(C)cc(C)cc3C)C(=O)O)cc2)c1.Cc1cccnc1. The van der Waals surface area contributed by atoms with Gasteiger partial charge in [0, 0.05) is 24.5 Å². The number of benzene rings is 3. The van der Waals surface area contributed by atoms with Gasteiger partial charge in [0.2, 0.25) is 15.9 Å². The van der Waals surface area contributed by atoms with Crippen LogP contribution in [0.3, 0.4) is 0 Å². The lowest BCUT2D eigenvalue weighted by molar-refractivity contribution is -0.138. The number of carbonyl (C=O) groups excluding carboxylic acids is 1. The molecule has 4 aromatic rings. The molecule has 220 valence electrons. The lowest BCUT2D eigenvalue weighted by atomic mass is 10.0. The molecule has 1 aromatic heterocycles. The first kappa shape index (κ1) is 32.2. The van der Waals surface area contributed by atoms with E-state index in [1.165, 1.54) is 5.56 Å². The number of aromatic nitrogens is 1. The first-order valence-corrected chi connectivity index (χ1v) is 15.1. The van der Waals surface area contributed by atoms with E-state index in [2.05, 4.69) is 15.0 Å². The van der Waals surface area contributed by atoms with E-state index in [0.717, 1.165) is 16.7 Å². The van der Waals surface area contributed by atoms with Crippen LogP contribution in [0.1, 0.15) is 41.2 Å². The number of anilines is 1. The van der Waals surface area contributed by atoms with Crippen molar-refractivity contribution in [3.63, 3.8) is 0 Å². The number of hydrogen-bond acceptors (Lipinski definition) is 5. The summed E-state index contributed by atoms with van der Waals surface area (Å²) < 4.78 is 28.5. The van der Waals surface area contributed by atoms with Gasteiger partial charge in [0.1, 0.15) is 6.04 Å². The molecule has 1 atom stereocenters.